The van der Waals surface area contributed by atoms with Crippen molar-refractivity contribution in [1.82, 2.24) is 0 Å². The van der Waals surface area contributed by atoms with Gasteiger partial charge in [0.05, 0.1) is 0 Å². The van der Waals surface area contributed by atoms with E-state index in [1.165, 1.54) is 0 Å². The van der Waals surface area contributed by atoms with Crippen LogP contribution in [0.3, 0.4) is 0 Å². The van der Waals surface area contributed by atoms with Gasteiger partial charge < -0.3 is 10.4 Å². The third-order valence-electron chi connectivity index (χ3n) is 1.11. The van der Waals surface area contributed by atoms with E-state index in [9.17, 15) is 0 Å². The summed E-state index contributed by atoms with van der Waals surface area (Å²) in [6.07, 6.45) is 2.04. The van der Waals surface area contributed by atoms with Gasteiger partial charge in [0.25, 0.3) is 0 Å². The van der Waals surface area contributed by atoms with E-state index in [0.29, 0.717) is 18.7 Å². The number of aliphatic hydroxyl groups excluding tert-OH is 1. The second-order valence-electron chi connectivity index (χ2n) is 3.49. The predicted molar refractivity (Wildman–Crippen MR) is 67.3 cm³/mol. The van der Waals surface area contributed by atoms with Crippen LogP contribution < -0.4 is 0 Å². The quantitative estimate of drug-likeness (QED) is 0.769. The number of unbranched alkanes of at least 4 members (excludes halogenated alkanes) is 1. The van der Waals surface area contributed by atoms with Crippen molar-refractivity contribution in [1.29, 1.82) is 0 Å². The van der Waals surface area contributed by atoms with Gasteiger partial charge in [-0.3, -0.25) is 0 Å². The first-order valence-corrected chi connectivity index (χ1v) is 9.52. The molecule has 0 rings (SSSR count). The van der Waals surface area contributed by atoms with Crippen LogP contribution in [0, 0.1) is 0 Å². The van der Waals surface area contributed by atoms with Crippen LogP contribution >= 0.6 is 18.6 Å². The number of hydrogen-bond donors (Lipinski definition) is 1. The summed E-state index contributed by atoms with van der Waals surface area (Å²) in [5.74, 6) is 0. The molecule has 0 saturated heterocycles. The van der Waals surface area contributed by atoms with Crippen LogP contribution in [0.1, 0.15) is 47.5 Å². The summed E-state index contributed by atoms with van der Waals surface area (Å²) in [6, 6.07) is 1.000. The van der Waals surface area contributed by atoms with Crippen molar-refractivity contribution in [3.63, 3.8) is 0 Å². The van der Waals surface area contributed by atoms with Crippen LogP contribution in [0.25, 0.3) is 5.32 Å². The molecule has 0 saturated carbocycles. The summed E-state index contributed by atoms with van der Waals surface area (Å²) in [5.41, 5.74) is 0. The number of nitrogens with zero attached hydrogens (tertiary/aromatic N) is 1. The summed E-state index contributed by atoms with van der Waals surface area (Å²) in [7, 11) is 9.78. The summed E-state index contributed by atoms with van der Waals surface area (Å²) < 4.78 is 0. The molecule has 0 spiro atoms. The van der Waals surface area contributed by atoms with Gasteiger partial charge in [0.15, 0.2) is 0 Å². The van der Waals surface area contributed by atoms with Gasteiger partial charge in [0, 0.05) is 6.61 Å². The zero-order valence-electron chi connectivity index (χ0n) is 10.4. The fourth-order valence-electron chi connectivity index (χ4n) is 0.754. The van der Waals surface area contributed by atoms with E-state index in [-0.39, 0.29) is 0 Å². The molecule has 5 heteroatoms. The number of rotatable bonds is 4. The molecular formula is C10H24Cl2NOTi-. The SMILES string of the molecule is CC(C)[N-]C(C)C.CCCCO.[Cl][Ti][Cl]. The molecule has 0 fully saturated rings. The molecule has 0 aromatic rings. The Balaban J connectivity index is -0.000000158. The van der Waals surface area contributed by atoms with Crippen molar-refractivity contribution in [2.24, 2.45) is 0 Å². The van der Waals surface area contributed by atoms with E-state index in [1.54, 1.807) is 0 Å². The zero-order valence-corrected chi connectivity index (χ0v) is 13.5. The van der Waals surface area contributed by atoms with Crippen molar-refractivity contribution >= 4 is 18.6 Å². The Morgan fingerprint density at radius 3 is 1.47 bits per heavy atom. The van der Waals surface area contributed by atoms with Gasteiger partial charge in [0.1, 0.15) is 0 Å². The number of halogens is 2. The molecule has 94 valence electrons. The molecule has 0 aromatic carbocycles. The monoisotopic (exact) mass is 292 g/mol. The van der Waals surface area contributed by atoms with Gasteiger partial charge in [-0.15, -0.1) is 12.1 Å². The molecule has 0 aromatic heterocycles. The molecule has 15 heavy (non-hydrogen) atoms. The molecule has 0 bridgehead atoms. The molecule has 2 nitrogen and oxygen atoms in total. The Kier molecular flexibility index (Phi) is 29.5. The third-order valence-corrected chi connectivity index (χ3v) is 1.11. The first-order valence-electron chi connectivity index (χ1n) is 5.23. The fourth-order valence-corrected chi connectivity index (χ4v) is 0.754. The number of hydrogen-bond acceptors (Lipinski definition) is 1. The Hall–Kier alpha value is 1.21. The Labute approximate surface area is 112 Å². The minimum atomic E-state index is -0.556. The zero-order chi connectivity index (χ0) is 12.7. The normalized spacial score (nSPS) is 8.93. The van der Waals surface area contributed by atoms with E-state index >= 15 is 0 Å². The van der Waals surface area contributed by atoms with Gasteiger partial charge in [-0.05, 0) is 6.42 Å². The molecule has 0 aliphatic rings. The molecule has 0 unspecified atom stereocenters. The average Bonchev–Trinajstić information content (AvgIpc) is 2.05. The van der Waals surface area contributed by atoms with E-state index in [2.05, 4.69) is 39.9 Å². The molecule has 0 atom stereocenters. The molecule has 1 N–H and O–H groups in total. The molecular weight excluding hydrogens is 269 g/mol. The molecule has 0 radical (unpaired) electrons. The third kappa shape index (κ3) is 51.0. The van der Waals surface area contributed by atoms with Crippen LogP contribution in [0.2, 0.25) is 0 Å². The summed E-state index contributed by atoms with van der Waals surface area (Å²) in [6.45, 7) is 10.8. The van der Waals surface area contributed by atoms with Gasteiger partial charge in [-0.25, -0.2) is 0 Å². The van der Waals surface area contributed by atoms with E-state index in [4.69, 9.17) is 23.7 Å². The van der Waals surface area contributed by atoms with E-state index in [1.807, 2.05) is 0 Å². The Bertz CT molecular complexity index is 87.5. The van der Waals surface area contributed by atoms with Crippen molar-refractivity contribution in [3.05, 3.63) is 5.32 Å². The standard InChI is InChI=1S/C6H14N.C4H10O.2ClH.Ti/c1-5(2)7-6(3)4;1-2-3-4-5;;;/h5-6H,1-4H3;5H,2-4H2,1H3;2*1H;/q-1;;;;+2/p-2. The van der Waals surface area contributed by atoms with Crippen molar-refractivity contribution < 1.29 is 22.1 Å². The minimum absolute atomic E-state index is 0.344. The van der Waals surface area contributed by atoms with Crippen LogP contribution in [0.15, 0.2) is 0 Å². The van der Waals surface area contributed by atoms with Gasteiger partial charge in [-0.2, -0.15) is 0 Å². The summed E-state index contributed by atoms with van der Waals surface area (Å²) in [5, 5.41) is 12.3. The van der Waals surface area contributed by atoms with Gasteiger partial charge in [-0.1, -0.05) is 41.0 Å². The maximum absolute atomic E-state index is 8.07. The van der Waals surface area contributed by atoms with Crippen molar-refractivity contribution in [2.75, 3.05) is 6.61 Å². The van der Waals surface area contributed by atoms with Crippen molar-refractivity contribution in [3.8, 4) is 0 Å². The molecule has 0 aliphatic heterocycles. The Morgan fingerprint density at radius 1 is 1.13 bits per heavy atom. The van der Waals surface area contributed by atoms with Crippen LogP contribution in [-0.4, -0.2) is 23.8 Å². The van der Waals surface area contributed by atoms with Gasteiger partial charge >= 0.3 is 35.6 Å². The Morgan fingerprint density at radius 2 is 1.47 bits per heavy atom. The topological polar surface area (TPSA) is 34.3 Å². The first-order chi connectivity index (χ1) is 6.95. The maximum atomic E-state index is 8.07. The van der Waals surface area contributed by atoms with E-state index in [0.717, 1.165) is 12.8 Å². The second-order valence-corrected chi connectivity index (χ2v) is 6.06. The van der Waals surface area contributed by atoms with Gasteiger partial charge in [0.2, 0.25) is 0 Å². The summed E-state index contributed by atoms with van der Waals surface area (Å²) in [4.78, 5) is 0. The van der Waals surface area contributed by atoms with Crippen LogP contribution in [0.5, 0.6) is 0 Å². The van der Waals surface area contributed by atoms with Crippen LogP contribution in [0.4, 0.5) is 0 Å². The fraction of sp³-hybridized carbons (Fsp3) is 1.00. The van der Waals surface area contributed by atoms with Crippen molar-refractivity contribution in [2.45, 2.75) is 59.5 Å². The molecule has 0 amide bonds. The van der Waals surface area contributed by atoms with E-state index < -0.39 is 17.0 Å². The molecule has 0 heterocycles. The van der Waals surface area contributed by atoms with Crippen LogP contribution in [-0.2, 0) is 17.0 Å². The summed E-state index contributed by atoms with van der Waals surface area (Å²) >= 11 is -0.556. The first kappa shape index (κ1) is 21.5. The average molecular weight is 293 g/mol. The molecule has 0 aliphatic carbocycles. The second kappa shape index (κ2) is 20.6. The number of aliphatic hydroxyl groups is 1. The predicted octanol–water partition coefficient (Wildman–Crippen LogP) is 4.33.